The lowest BCUT2D eigenvalue weighted by Gasteiger charge is -2.45. The second-order valence-corrected chi connectivity index (χ2v) is 7.67. The second kappa shape index (κ2) is 7.42. The van der Waals surface area contributed by atoms with Gasteiger partial charge in [0.2, 0.25) is 0 Å². The molecule has 0 aromatic heterocycles. The lowest BCUT2D eigenvalue weighted by atomic mass is 9.87. The molecular formula is C25H25NO2. The summed E-state index contributed by atoms with van der Waals surface area (Å²) in [6.07, 6.45) is 3.44. The Kier molecular flexibility index (Phi) is 4.63. The average molecular weight is 371 g/mol. The summed E-state index contributed by atoms with van der Waals surface area (Å²) in [6, 6.07) is 24.3. The highest BCUT2D eigenvalue weighted by Crippen LogP contribution is 2.38. The minimum Gasteiger partial charge on any atom is -0.496 e. The fraction of sp³-hybridized carbons (Fsp3) is 0.280. The van der Waals surface area contributed by atoms with Crippen LogP contribution in [0.2, 0.25) is 0 Å². The van der Waals surface area contributed by atoms with Crippen LogP contribution in [0.5, 0.6) is 5.75 Å². The summed E-state index contributed by atoms with van der Waals surface area (Å²) in [5.41, 5.74) is 4.13. The number of methoxy groups -OCH3 is 1. The normalized spacial score (nSPS) is 22.1. The van der Waals surface area contributed by atoms with Gasteiger partial charge in [0.25, 0.3) is 0 Å². The SMILES string of the molecule is COc1ccc(C2=CC3COCC(C2)N3Cc2ccccc2)c2ccccc12. The third-order valence-electron chi connectivity index (χ3n) is 6.00. The van der Waals surface area contributed by atoms with Gasteiger partial charge in [-0.1, -0.05) is 66.7 Å². The zero-order chi connectivity index (χ0) is 18.9. The van der Waals surface area contributed by atoms with Gasteiger partial charge in [-0.3, -0.25) is 4.90 Å². The molecule has 2 atom stereocenters. The molecule has 2 aliphatic heterocycles. The number of morpholine rings is 1. The highest BCUT2D eigenvalue weighted by Gasteiger charge is 2.35. The number of benzene rings is 3. The molecule has 0 spiro atoms. The Bertz CT molecular complexity index is 1010. The molecule has 0 radical (unpaired) electrons. The highest BCUT2D eigenvalue weighted by atomic mass is 16.5. The van der Waals surface area contributed by atoms with Crippen LogP contribution in [0.1, 0.15) is 17.5 Å². The van der Waals surface area contributed by atoms with E-state index < -0.39 is 0 Å². The minimum atomic E-state index is 0.323. The first-order chi connectivity index (χ1) is 13.8. The van der Waals surface area contributed by atoms with Crippen molar-refractivity contribution in [3.8, 4) is 5.75 Å². The van der Waals surface area contributed by atoms with Crippen LogP contribution in [0, 0.1) is 0 Å². The van der Waals surface area contributed by atoms with Gasteiger partial charge in [0.15, 0.2) is 0 Å². The van der Waals surface area contributed by atoms with E-state index in [1.54, 1.807) is 7.11 Å². The molecule has 3 aromatic rings. The third kappa shape index (κ3) is 3.11. The van der Waals surface area contributed by atoms with Crippen LogP contribution >= 0.6 is 0 Å². The van der Waals surface area contributed by atoms with Crippen molar-refractivity contribution >= 4 is 16.3 Å². The summed E-state index contributed by atoms with van der Waals surface area (Å²) >= 11 is 0. The number of ether oxygens (including phenoxy) is 2. The summed E-state index contributed by atoms with van der Waals surface area (Å²) in [5.74, 6) is 0.935. The van der Waals surface area contributed by atoms with Crippen LogP contribution in [0.15, 0.2) is 72.8 Å². The molecule has 142 valence electrons. The van der Waals surface area contributed by atoms with E-state index in [9.17, 15) is 0 Å². The molecule has 3 heteroatoms. The van der Waals surface area contributed by atoms with Gasteiger partial charge in [-0.05, 0) is 34.6 Å². The molecular weight excluding hydrogens is 346 g/mol. The predicted octanol–water partition coefficient (Wildman–Crippen LogP) is 4.91. The average Bonchev–Trinajstić information content (AvgIpc) is 2.73. The zero-order valence-electron chi connectivity index (χ0n) is 16.2. The number of fused-ring (bicyclic) bond motifs is 3. The van der Waals surface area contributed by atoms with Gasteiger partial charge in [-0.2, -0.15) is 0 Å². The van der Waals surface area contributed by atoms with E-state index in [1.165, 1.54) is 27.5 Å². The van der Waals surface area contributed by atoms with Crippen molar-refractivity contribution in [3.05, 3.63) is 83.9 Å². The molecule has 2 unspecified atom stereocenters. The van der Waals surface area contributed by atoms with Crippen molar-refractivity contribution in [3.63, 3.8) is 0 Å². The summed E-state index contributed by atoms with van der Waals surface area (Å²) in [5, 5.41) is 2.44. The van der Waals surface area contributed by atoms with Gasteiger partial charge in [0.1, 0.15) is 5.75 Å². The van der Waals surface area contributed by atoms with Crippen molar-refractivity contribution in [2.24, 2.45) is 0 Å². The third-order valence-corrected chi connectivity index (χ3v) is 6.00. The molecule has 28 heavy (non-hydrogen) atoms. The van der Waals surface area contributed by atoms with Crippen molar-refractivity contribution in [1.82, 2.24) is 4.90 Å². The molecule has 1 fully saturated rings. The number of hydrogen-bond acceptors (Lipinski definition) is 3. The summed E-state index contributed by atoms with van der Waals surface area (Å²) in [4.78, 5) is 2.61. The van der Waals surface area contributed by atoms with E-state index in [-0.39, 0.29) is 0 Å². The predicted molar refractivity (Wildman–Crippen MR) is 113 cm³/mol. The molecule has 0 saturated carbocycles. The monoisotopic (exact) mass is 371 g/mol. The molecule has 3 aromatic carbocycles. The Labute approximate surface area is 166 Å². The van der Waals surface area contributed by atoms with Crippen molar-refractivity contribution in [2.45, 2.75) is 25.0 Å². The lowest BCUT2D eigenvalue weighted by molar-refractivity contribution is -0.0402. The summed E-state index contributed by atoms with van der Waals surface area (Å²) in [6.45, 7) is 2.54. The van der Waals surface area contributed by atoms with Crippen LogP contribution in [0.25, 0.3) is 16.3 Å². The van der Waals surface area contributed by atoms with Crippen LogP contribution in [0.4, 0.5) is 0 Å². The highest BCUT2D eigenvalue weighted by molar-refractivity contribution is 5.97. The lowest BCUT2D eigenvalue weighted by Crippen LogP contribution is -2.53. The topological polar surface area (TPSA) is 21.7 Å². The molecule has 1 saturated heterocycles. The Morgan fingerprint density at radius 3 is 2.50 bits per heavy atom. The zero-order valence-corrected chi connectivity index (χ0v) is 16.2. The molecule has 0 amide bonds. The Balaban J connectivity index is 1.52. The van der Waals surface area contributed by atoms with Gasteiger partial charge in [-0.25, -0.2) is 0 Å². The van der Waals surface area contributed by atoms with Crippen LogP contribution < -0.4 is 4.74 Å². The summed E-state index contributed by atoms with van der Waals surface area (Å²) in [7, 11) is 1.74. The van der Waals surface area contributed by atoms with Crippen LogP contribution in [-0.2, 0) is 11.3 Å². The van der Waals surface area contributed by atoms with Gasteiger partial charge in [0.05, 0.1) is 26.4 Å². The van der Waals surface area contributed by atoms with E-state index in [1.807, 2.05) is 0 Å². The first kappa shape index (κ1) is 17.5. The molecule has 2 bridgehead atoms. The van der Waals surface area contributed by atoms with Gasteiger partial charge >= 0.3 is 0 Å². The molecule has 2 heterocycles. The Hall–Kier alpha value is -2.62. The van der Waals surface area contributed by atoms with Gasteiger partial charge in [-0.15, -0.1) is 0 Å². The molecule has 0 N–H and O–H groups in total. The first-order valence-corrected chi connectivity index (χ1v) is 9.97. The molecule has 5 rings (SSSR count). The maximum Gasteiger partial charge on any atom is 0.126 e. The second-order valence-electron chi connectivity index (χ2n) is 7.67. The van der Waals surface area contributed by atoms with E-state index in [0.29, 0.717) is 12.1 Å². The van der Waals surface area contributed by atoms with E-state index in [2.05, 4.69) is 77.7 Å². The van der Waals surface area contributed by atoms with Crippen LogP contribution in [0.3, 0.4) is 0 Å². The van der Waals surface area contributed by atoms with Crippen molar-refractivity contribution in [1.29, 1.82) is 0 Å². The number of rotatable bonds is 4. The molecule has 0 aliphatic carbocycles. The number of nitrogens with zero attached hydrogens (tertiary/aromatic N) is 1. The van der Waals surface area contributed by atoms with Gasteiger partial charge in [0, 0.05) is 18.0 Å². The minimum absolute atomic E-state index is 0.323. The van der Waals surface area contributed by atoms with Crippen molar-refractivity contribution in [2.75, 3.05) is 20.3 Å². The largest absolute Gasteiger partial charge is 0.496 e. The Morgan fingerprint density at radius 1 is 0.929 bits per heavy atom. The molecule has 2 aliphatic rings. The van der Waals surface area contributed by atoms with Crippen molar-refractivity contribution < 1.29 is 9.47 Å². The fourth-order valence-corrected chi connectivity index (χ4v) is 4.63. The maximum atomic E-state index is 5.91. The summed E-state index contributed by atoms with van der Waals surface area (Å²) < 4.78 is 11.5. The first-order valence-electron chi connectivity index (χ1n) is 9.97. The van der Waals surface area contributed by atoms with Crippen LogP contribution in [-0.4, -0.2) is 37.3 Å². The molecule has 3 nitrogen and oxygen atoms in total. The Morgan fingerprint density at radius 2 is 1.71 bits per heavy atom. The standard InChI is InChI=1S/C25H25NO2/c1-27-25-12-11-22(23-9-5-6-10-24(23)25)19-13-20-16-28-17-21(14-19)26(20)15-18-7-3-2-4-8-18/h2-13,20-21H,14-17H2,1H3. The van der Waals surface area contributed by atoms with E-state index in [0.717, 1.165) is 31.9 Å². The van der Waals surface area contributed by atoms with E-state index in [4.69, 9.17) is 9.47 Å². The maximum absolute atomic E-state index is 5.91. The van der Waals surface area contributed by atoms with E-state index >= 15 is 0 Å². The van der Waals surface area contributed by atoms with Gasteiger partial charge < -0.3 is 9.47 Å². The quantitative estimate of drug-likeness (QED) is 0.651. The smallest absolute Gasteiger partial charge is 0.126 e. The fourth-order valence-electron chi connectivity index (χ4n) is 4.63. The number of hydrogen-bond donors (Lipinski definition) is 0.